The number of aromatic nitrogens is 4. The van der Waals surface area contributed by atoms with Gasteiger partial charge in [0.25, 0.3) is 5.56 Å². The molecule has 2 aromatic rings. The summed E-state index contributed by atoms with van der Waals surface area (Å²) in [5, 5.41) is 12.1. The third-order valence-corrected chi connectivity index (χ3v) is 5.79. The molecule has 30 heavy (non-hydrogen) atoms. The quantitative estimate of drug-likeness (QED) is 0.501. The summed E-state index contributed by atoms with van der Waals surface area (Å²) in [7, 11) is 0. The molecule has 2 heterocycles. The Balaban J connectivity index is 1.53. The van der Waals surface area contributed by atoms with Crippen LogP contribution in [0.4, 0.5) is 13.2 Å². The summed E-state index contributed by atoms with van der Waals surface area (Å²) in [5.41, 5.74) is -2.51. The average Bonchev–Trinajstić information content (AvgIpc) is 3.35. The van der Waals surface area contributed by atoms with Crippen molar-refractivity contribution >= 4 is 17.7 Å². The third-order valence-electron chi connectivity index (χ3n) is 5.15. The van der Waals surface area contributed by atoms with Crippen molar-refractivity contribution in [1.29, 1.82) is 0 Å². The number of pyridine rings is 1. The highest BCUT2D eigenvalue weighted by Gasteiger charge is 2.34. The minimum Gasteiger partial charge on any atom is -0.355 e. The van der Waals surface area contributed by atoms with E-state index in [-0.39, 0.29) is 0 Å². The molecule has 1 aliphatic carbocycles. The van der Waals surface area contributed by atoms with Gasteiger partial charge in [0.2, 0.25) is 5.91 Å². The fraction of sp³-hybridized carbons (Fsp3) is 0.579. The number of rotatable bonds is 8. The summed E-state index contributed by atoms with van der Waals surface area (Å²) >= 11 is 1.56. The molecule has 1 amide bonds. The Morgan fingerprint density at radius 2 is 2.03 bits per heavy atom. The molecule has 0 aromatic carbocycles. The second-order valence-corrected chi connectivity index (χ2v) is 7.99. The lowest BCUT2D eigenvalue weighted by Crippen LogP contribution is -2.35. The van der Waals surface area contributed by atoms with Crippen molar-refractivity contribution in [2.45, 2.75) is 62.4 Å². The van der Waals surface area contributed by atoms with Crippen LogP contribution in [0.15, 0.2) is 28.3 Å². The Morgan fingerprint density at radius 3 is 2.70 bits per heavy atom. The van der Waals surface area contributed by atoms with E-state index in [0.717, 1.165) is 34.5 Å². The lowest BCUT2D eigenvalue weighted by molar-refractivity contribution is -0.139. The molecule has 11 heteroatoms. The van der Waals surface area contributed by atoms with Crippen LogP contribution in [0.2, 0.25) is 0 Å². The Kier molecular flexibility index (Phi) is 7.22. The molecule has 1 fully saturated rings. The van der Waals surface area contributed by atoms with E-state index in [1.165, 1.54) is 19.0 Å². The van der Waals surface area contributed by atoms with Crippen LogP contribution < -0.4 is 10.9 Å². The molecule has 0 saturated heterocycles. The van der Waals surface area contributed by atoms with Gasteiger partial charge in [-0.05, 0) is 37.7 Å². The van der Waals surface area contributed by atoms with Gasteiger partial charge in [-0.1, -0.05) is 24.6 Å². The van der Waals surface area contributed by atoms with Crippen LogP contribution in [0, 0.1) is 0 Å². The minimum absolute atomic E-state index is 0.332. The summed E-state index contributed by atoms with van der Waals surface area (Å²) < 4.78 is 41.4. The second-order valence-electron chi connectivity index (χ2n) is 7.22. The van der Waals surface area contributed by atoms with E-state index in [1.807, 2.05) is 6.26 Å². The number of amides is 1. The van der Waals surface area contributed by atoms with Crippen LogP contribution in [-0.2, 0) is 23.9 Å². The predicted molar refractivity (Wildman–Crippen MR) is 106 cm³/mol. The molecule has 7 nitrogen and oxygen atoms in total. The molecule has 1 N–H and O–H groups in total. The van der Waals surface area contributed by atoms with Crippen molar-refractivity contribution in [1.82, 2.24) is 24.6 Å². The van der Waals surface area contributed by atoms with Gasteiger partial charge in [-0.3, -0.25) is 9.59 Å². The van der Waals surface area contributed by atoms with Crippen molar-refractivity contribution in [3.05, 3.63) is 40.1 Å². The van der Waals surface area contributed by atoms with E-state index >= 15 is 0 Å². The highest BCUT2D eigenvalue weighted by atomic mass is 32.2. The number of nitrogens with zero attached hydrogens (tertiary/aromatic N) is 4. The molecule has 2 aromatic heterocycles. The number of nitrogens with one attached hydrogen (secondary N) is 1. The largest absolute Gasteiger partial charge is 0.421 e. The van der Waals surface area contributed by atoms with Crippen LogP contribution in [0.3, 0.4) is 0 Å². The average molecular weight is 443 g/mol. The summed E-state index contributed by atoms with van der Waals surface area (Å²) in [6.07, 6.45) is 4.25. The zero-order chi connectivity index (χ0) is 21.7. The molecule has 0 unspecified atom stereocenters. The predicted octanol–water partition coefficient (Wildman–Crippen LogP) is 3.04. The number of aryl methyl sites for hydroxylation is 1. The number of carbonyl (C=O) groups excluding carboxylic acids is 1. The summed E-state index contributed by atoms with van der Waals surface area (Å²) in [5.74, 6) is 0.369. The first-order chi connectivity index (χ1) is 14.3. The topological polar surface area (TPSA) is 81.8 Å². The van der Waals surface area contributed by atoms with E-state index in [1.54, 1.807) is 11.8 Å². The number of halogens is 3. The molecule has 0 atom stereocenters. The van der Waals surface area contributed by atoms with Gasteiger partial charge >= 0.3 is 6.18 Å². The van der Waals surface area contributed by atoms with Crippen molar-refractivity contribution in [2.75, 3.05) is 12.8 Å². The Labute approximate surface area is 176 Å². The Morgan fingerprint density at radius 1 is 1.30 bits per heavy atom. The minimum atomic E-state index is -4.75. The van der Waals surface area contributed by atoms with E-state index in [0.29, 0.717) is 31.5 Å². The summed E-state index contributed by atoms with van der Waals surface area (Å²) in [6, 6.07) is 2.23. The number of hydrogen-bond acceptors (Lipinski definition) is 5. The van der Waals surface area contributed by atoms with Crippen LogP contribution in [0.5, 0.6) is 0 Å². The molecule has 3 rings (SSSR count). The number of thioether (sulfide) groups is 1. The maximum absolute atomic E-state index is 12.8. The molecular weight excluding hydrogens is 419 g/mol. The van der Waals surface area contributed by atoms with Gasteiger partial charge < -0.3 is 14.5 Å². The molecule has 0 spiro atoms. The number of hydrogen-bond donors (Lipinski definition) is 1. The van der Waals surface area contributed by atoms with Gasteiger partial charge in [0.05, 0.1) is 0 Å². The molecular formula is C19H24F3N5O2S. The first-order valence-corrected chi connectivity index (χ1v) is 11.0. The molecule has 1 aliphatic rings. The zero-order valence-corrected chi connectivity index (χ0v) is 17.4. The maximum atomic E-state index is 12.8. The summed E-state index contributed by atoms with van der Waals surface area (Å²) in [4.78, 5) is 24.0. The first-order valence-electron chi connectivity index (χ1n) is 9.82. The lowest BCUT2D eigenvalue weighted by atomic mass is 10.2. The number of alkyl halides is 3. The fourth-order valence-corrected chi connectivity index (χ4v) is 4.28. The van der Waals surface area contributed by atoms with Gasteiger partial charge in [0.15, 0.2) is 5.16 Å². The third kappa shape index (κ3) is 5.24. The maximum Gasteiger partial charge on any atom is 0.421 e. The van der Waals surface area contributed by atoms with Crippen molar-refractivity contribution in [2.24, 2.45) is 0 Å². The van der Waals surface area contributed by atoms with Crippen molar-refractivity contribution in [3.8, 4) is 0 Å². The fourth-order valence-electron chi connectivity index (χ4n) is 3.71. The smallest absolute Gasteiger partial charge is 0.355 e. The van der Waals surface area contributed by atoms with Crippen LogP contribution in [-0.4, -0.2) is 38.0 Å². The van der Waals surface area contributed by atoms with E-state index in [4.69, 9.17) is 0 Å². The van der Waals surface area contributed by atoms with Gasteiger partial charge in [-0.15, -0.1) is 10.2 Å². The molecule has 0 bridgehead atoms. The van der Waals surface area contributed by atoms with Crippen LogP contribution >= 0.6 is 11.8 Å². The highest BCUT2D eigenvalue weighted by Crippen LogP contribution is 2.33. The Hall–Kier alpha value is -2.30. The van der Waals surface area contributed by atoms with Crippen LogP contribution in [0.1, 0.15) is 49.5 Å². The standard InChI is InChI=1S/C19H24F3N5O2S/c1-30-18-25-24-15(27(18)13-6-2-3-7-13)9-4-10-23-16(28)12-26-11-5-8-14(17(26)29)19(20,21)22/h5,8,11,13H,2-4,6-7,9-10,12H2,1H3,(H,23,28). The zero-order valence-electron chi connectivity index (χ0n) is 16.6. The van der Waals surface area contributed by atoms with E-state index in [2.05, 4.69) is 20.1 Å². The van der Waals surface area contributed by atoms with Crippen LogP contribution in [0.25, 0.3) is 0 Å². The van der Waals surface area contributed by atoms with E-state index < -0.39 is 29.8 Å². The second kappa shape index (κ2) is 9.67. The lowest BCUT2D eigenvalue weighted by Gasteiger charge is -2.16. The summed E-state index contributed by atoms with van der Waals surface area (Å²) in [6.45, 7) is -0.129. The molecule has 164 valence electrons. The van der Waals surface area contributed by atoms with E-state index in [9.17, 15) is 22.8 Å². The monoisotopic (exact) mass is 443 g/mol. The normalized spacial score (nSPS) is 14.9. The Bertz CT molecular complexity index is 935. The van der Waals surface area contributed by atoms with Crippen molar-refractivity contribution < 1.29 is 18.0 Å². The van der Waals surface area contributed by atoms with Gasteiger partial charge in [-0.2, -0.15) is 13.2 Å². The van der Waals surface area contributed by atoms with Crippen molar-refractivity contribution in [3.63, 3.8) is 0 Å². The SMILES string of the molecule is CSc1nnc(CCCNC(=O)Cn2cccc(C(F)(F)F)c2=O)n1C1CCCC1. The molecule has 0 radical (unpaired) electrons. The van der Waals surface area contributed by atoms with Gasteiger partial charge in [0, 0.05) is 25.2 Å². The molecule has 0 aliphatic heterocycles. The molecule has 1 saturated carbocycles. The van der Waals surface area contributed by atoms with Gasteiger partial charge in [-0.25, -0.2) is 0 Å². The van der Waals surface area contributed by atoms with Gasteiger partial charge in [0.1, 0.15) is 17.9 Å². The number of carbonyl (C=O) groups is 1. The first kappa shape index (κ1) is 22.4. The highest BCUT2D eigenvalue weighted by molar-refractivity contribution is 7.98.